The molecule has 18 heavy (non-hydrogen) atoms. The van der Waals surface area contributed by atoms with Gasteiger partial charge in [-0.2, -0.15) is 0 Å². The Morgan fingerprint density at radius 2 is 2.28 bits per heavy atom. The maximum absolute atomic E-state index is 6.00. The van der Waals surface area contributed by atoms with Gasteiger partial charge in [0.15, 0.2) is 0 Å². The molecular weight excluding hydrogens is 246 g/mol. The number of nitrogens with two attached hydrogens (primary N) is 1. The second-order valence-corrected chi connectivity index (χ2v) is 4.72. The van der Waals surface area contributed by atoms with Gasteiger partial charge in [-0.1, -0.05) is 18.5 Å². The molecule has 1 aromatic rings. The van der Waals surface area contributed by atoms with Gasteiger partial charge in [0.2, 0.25) is 0 Å². The van der Waals surface area contributed by atoms with Crippen molar-refractivity contribution in [2.24, 2.45) is 5.73 Å². The van der Waals surface area contributed by atoms with Gasteiger partial charge in [-0.15, -0.1) is 12.3 Å². The Balaban J connectivity index is 2.67. The van der Waals surface area contributed by atoms with E-state index in [2.05, 4.69) is 12.8 Å². The van der Waals surface area contributed by atoms with Gasteiger partial charge < -0.3 is 10.5 Å². The minimum atomic E-state index is 0.136. The van der Waals surface area contributed by atoms with Crippen LogP contribution in [0, 0.1) is 12.3 Å². The quantitative estimate of drug-likeness (QED) is 0.606. The van der Waals surface area contributed by atoms with E-state index < -0.39 is 0 Å². The van der Waals surface area contributed by atoms with E-state index in [0.29, 0.717) is 11.6 Å². The van der Waals surface area contributed by atoms with Crippen molar-refractivity contribution in [3.05, 3.63) is 28.8 Å². The predicted octanol–water partition coefficient (Wildman–Crippen LogP) is 3.41. The van der Waals surface area contributed by atoms with Crippen LogP contribution in [0.15, 0.2) is 18.2 Å². The molecule has 1 unspecified atom stereocenters. The van der Waals surface area contributed by atoms with E-state index in [1.54, 1.807) is 0 Å². The van der Waals surface area contributed by atoms with Gasteiger partial charge >= 0.3 is 0 Å². The molecule has 0 aliphatic rings. The third-order valence-electron chi connectivity index (χ3n) is 2.75. The molecule has 0 saturated carbocycles. The Kier molecular flexibility index (Phi) is 6.64. The van der Waals surface area contributed by atoms with Crippen molar-refractivity contribution in [3.63, 3.8) is 0 Å². The fourth-order valence-corrected chi connectivity index (χ4v) is 1.83. The van der Waals surface area contributed by atoms with E-state index in [-0.39, 0.29) is 6.04 Å². The largest absolute Gasteiger partial charge is 0.493 e. The van der Waals surface area contributed by atoms with E-state index >= 15 is 0 Å². The van der Waals surface area contributed by atoms with Crippen molar-refractivity contribution in [1.82, 2.24) is 0 Å². The minimum Gasteiger partial charge on any atom is -0.493 e. The number of hydrogen-bond acceptors (Lipinski definition) is 2. The summed E-state index contributed by atoms with van der Waals surface area (Å²) in [5, 5.41) is 0.712. The summed E-state index contributed by atoms with van der Waals surface area (Å²) in [6.45, 7) is 2.70. The molecule has 3 heteroatoms. The highest BCUT2D eigenvalue weighted by molar-refractivity contribution is 6.30. The number of hydrogen-bond donors (Lipinski definition) is 1. The summed E-state index contributed by atoms with van der Waals surface area (Å²) in [6.07, 6.45) is 8.51. The normalized spacial score (nSPS) is 11.9. The Bertz CT molecular complexity index is 411. The van der Waals surface area contributed by atoms with Crippen LogP contribution in [0.2, 0.25) is 5.02 Å². The topological polar surface area (TPSA) is 35.2 Å². The van der Waals surface area contributed by atoms with Gasteiger partial charge in [0, 0.05) is 17.5 Å². The van der Waals surface area contributed by atoms with E-state index in [1.165, 1.54) is 0 Å². The van der Waals surface area contributed by atoms with Gasteiger partial charge in [0.25, 0.3) is 0 Å². The molecule has 1 aromatic carbocycles. The predicted molar refractivity (Wildman–Crippen MR) is 77.0 cm³/mol. The average molecular weight is 266 g/mol. The highest BCUT2D eigenvalue weighted by atomic mass is 35.5. The fraction of sp³-hybridized carbons (Fsp3) is 0.467. The summed E-state index contributed by atoms with van der Waals surface area (Å²) < 4.78 is 5.73. The number of ether oxygens (including phenoxy) is 1. The van der Waals surface area contributed by atoms with Crippen molar-refractivity contribution in [2.75, 3.05) is 6.61 Å². The van der Waals surface area contributed by atoms with Crippen molar-refractivity contribution in [2.45, 2.75) is 38.6 Å². The highest BCUT2D eigenvalue weighted by Crippen LogP contribution is 2.24. The zero-order valence-corrected chi connectivity index (χ0v) is 11.5. The first-order valence-corrected chi connectivity index (χ1v) is 6.65. The molecule has 0 fully saturated rings. The fourth-order valence-electron chi connectivity index (χ4n) is 1.63. The number of halogens is 1. The minimum absolute atomic E-state index is 0.136. The molecule has 2 nitrogen and oxygen atoms in total. The van der Waals surface area contributed by atoms with E-state index in [0.717, 1.165) is 37.0 Å². The smallest absolute Gasteiger partial charge is 0.122 e. The molecule has 2 N–H and O–H groups in total. The van der Waals surface area contributed by atoms with Crippen LogP contribution in [-0.4, -0.2) is 12.6 Å². The lowest BCUT2D eigenvalue weighted by Crippen LogP contribution is -2.21. The first-order valence-electron chi connectivity index (χ1n) is 6.27. The standard InChI is InChI=1S/C15H20ClNO/c1-3-5-6-9-18-15-8-7-13(16)10-12(15)11-14(17)4-2/h1,7-8,10,14H,4-6,9,11,17H2,2H3. The van der Waals surface area contributed by atoms with Crippen molar-refractivity contribution in [3.8, 4) is 18.1 Å². The Morgan fingerprint density at radius 3 is 2.94 bits per heavy atom. The van der Waals surface area contributed by atoms with E-state index in [4.69, 9.17) is 28.5 Å². The van der Waals surface area contributed by atoms with Crippen LogP contribution in [0.3, 0.4) is 0 Å². The molecule has 1 atom stereocenters. The lowest BCUT2D eigenvalue weighted by Gasteiger charge is -2.14. The first kappa shape index (κ1) is 14.9. The molecule has 98 valence electrons. The van der Waals surface area contributed by atoms with E-state index in [1.807, 2.05) is 18.2 Å². The number of unbranched alkanes of at least 4 members (excludes halogenated alkanes) is 1. The summed E-state index contributed by atoms with van der Waals surface area (Å²) in [4.78, 5) is 0. The second-order valence-electron chi connectivity index (χ2n) is 4.28. The lowest BCUT2D eigenvalue weighted by molar-refractivity contribution is 0.309. The third-order valence-corrected chi connectivity index (χ3v) is 2.99. The third kappa shape index (κ3) is 5.00. The van der Waals surface area contributed by atoms with Gasteiger partial charge in [0.1, 0.15) is 5.75 Å². The molecule has 1 rings (SSSR count). The zero-order chi connectivity index (χ0) is 13.4. The van der Waals surface area contributed by atoms with Crippen LogP contribution in [-0.2, 0) is 6.42 Å². The van der Waals surface area contributed by atoms with Crippen LogP contribution < -0.4 is 10.5 Å². The molecule has 0 radical (unpaired) electrons. The van der Waals surface area contributed by atoms with Crippen molar-refractivity contribution in [1.29, 1.82) is 0 Å². The van der Waals surface area contributed by atoms with Crippen molar-refractivity contribution < 1.29 is 4.74 Å². The molecule has 0 amide bonds. The molecule has 0 heterocycles. The lowest BCUT2D eigenvalue weighted by atomic mass is 10.0. The highest BCUT2D eigenvalue weighted by Gasteiger charge is 2.08. The summed E-state index contributed by atoms with van der Waals surface area (Å²) in [7, 11) is 0. The SMILES string of the molecule is C#CCCCOc1ccc(Cl)cc1CC(N)CC. The van der Waals surface area contributed by atoms with Crippen LogP contribution in [0.4, 0.5) is 0 Å². The zero-order valence-electron chi connectivity index (χ0n) is 10.8. The number of terminal acetylenes is 1. The molecule has 0 bridgehead atoms. The summed E-state index contributed by atoms with van der Waals surface area (Å²) in [6, 6.07) is 5.79. The van der Waals surface area contributed by atoms with Crippen LogP contribution in [0.5, 0.6) is 5.75 Å². The summed E-state index contributed by atoms with van der Waals surface area (Å²) in [5.74, 6) is 3.46. The Hall–Kier alpha value is -1.17. The van der Waals surface area contributed by atoms with Crippen LogP contribution >= 0.6 is 11.6 Å². The Labute approximate surface area is 114 Å². The van der Waals surface area contributed by atoms with Crippen LogP contribution in [0.1, 0.15) is 31.7 Å². The van der Waals surface area contributed by atoms with E-state index in [9.17, 15) is 0 Å². The second kappa shape index (κ2) is 8.02. The molecule has 0 aliphatic carbocycles. The molecule has 0 saturated heterocycles. The average Bonchev–Trinajstić information content (AvgIpc) is 2.36. The molecule has 0 aliphatic heterocycles. The summed E-state index contributed by atoms with van der Waals surface area (Å²) in [5.41, 5.74) is 7.04. The van der Waals surface area contributed by atoms with Crippen molar-refractivity contribution >= 4 is 11.6 Å². The first-order chi connectivity index (χ1) is 8.67. The maximum Gasteiger partial charge on any atom is 0.122 e. The molecular formula is C15H20ClNO. The van der Waals surface area contributed by atoms with Gasteiger partial charge in [-0.3, -0.25) is 0 Å². The monoisotopic (exact) mass is 265 g/mol. The summed E-state index contributed by atoms with van der Waals surface area (Å²) >= 11 is 6.00. The maximum atomic E-state index is 6.00. The number of rotatable bonds is 7. The van der Waals surface area contributed by atoms with Gasteiger partial charge in [0.05, 0.1) is 6.61 Å². The van der Waals surface area contributed by atoms with Gasteiger partial charge in [-0.05, 0) is 43.0 Å². The van der Waals surface area contributed by atoms with Gasteiger partial charge in [-0.25, -0.2) is 0 Å². The number of benzene rings is 1. The molecule has 0 spiro atoms. The molecule has 0 aromatic heterocycles. The Morgan fingerprint density at radius 1 is 1.50 bits per heavy atom. The van der Waals surface area contributed by atoms with Crippen LogP contribution in [0.25, 0.3) is 0 Å².